The van der Waals surface area contributed by atoms with E-state index in [0.29, 0.717) is 18.0 Å². The fourth-order valence-corrected chi connectivity index (χ4v) is 2.97. The predicted molar refractivity (Wildman–Crippen MR) is 106 cm³/mol. The van der Waals surface area contributed by atoms with Gasteiger partial charge in [-0.15, -0.1) is 0 Å². The molecule has 0 saturated carbocycles. The number of hydrazone groups is 1. The second-order valence-corrected chi connectivity index (χ2v) is 6.28. The summed E-state index contributed by atoms with van der Waals surface area (Å²) in [4.78, 5) is 10.7. The molecule has 7 nitrogen and oxygen atoms in total. The van der Waals surface area contributed by atoms with E-state index in [1.807, 2.05) is 30.3 Å². The molecule has 8 heteroatoms. The van der Waals surface area contributed by atoms with Crippen LogP contribution in [-0.4, -0.2) is 38.1 Å². The first-order valence-corrected chi connectivity index (χ1v) is 8.73. The Morgan fingerprint density at radius 3 is 2.65 bits per heavy atom. The second-order valence-electron chi connectivity index (χ2n) is 5.12. The Hall–Kier alpha value is -2.49. The van der Waals surface area contributed by atoms with Gasteiger partial charge in [-0.25, -0.2) is 4.79 Å². The van der Waals surface area contributed by atoms with Crippen LogP contribution in [0.2, 0.25) is 0 Å². The molecule has 0 saturated heterocycles. The normalized spacial score (nSPS) is 10.6. The molecule has 0 aromatic heterocycles. The molecule has 0 aliphatic carbocycles. The minimum Gasteiger partial charge on any atom is -0.496 e. The third-order valence-electron chi connectivity index (χ3n) is 3.36. The lowest BCUT2D eigenvalue weighted by Gasteiger charge is -2.12. The van der Waals surface area contributed by atoms with Gasteiger partial charge in [0.2, 0.25) is 0 Å². The average Bonchev–Trinajstić information content (AvgIpc) is 2.64. The van der Waals surface area contributed by atoms with Gasteiger partial charge in [-0.1, -0.05) is 18.2 Å². The van der Waals surface area contributed by atoms with Crippen LogP contribution < -0.4 is 19.6 Å². The Morgan fingerprint density at radius 2 is 1.96 bits per heavy atom. The van der Waals surface area contributed by atoms with Gasteiger partial charge in [-0.05, 0) is 46.4 Å². The van der Waals surface area contributed by atoms with Crippen LogP contribution in [-0.2, 0) is 11.3 Å². The second kappa shape index (κ2) is 9.85. The summed E-state index contributed by atoms with van der Waals surface area (Å²) in [7, 11) is 3.13. The first kappa shape index (κ1) is 19.8. The summed E-state index contributed by atoms with van der Waals surface area (Å²) < 4.78 is 16.6. The number of nitrogens with zero attached hydrogens (tertiary/aromatic N) is 1. The number of para-hydroxylation sites is 1. The van der Waals surface area contributed by atoms with Crippen LogP contribution in [0.3, 0.4) is 0 Å². The Morgan fingerprint density at radius 1 is 1.23 bits per heavy atom. The summed E-state index contributed by atoms with van der Waals surface area (Å²) in [6.07, 6.45) is 1.65. The van der Waals surface area contributed by atoms with Crippen molar-refractivity contribution in [1.29, 1.82) is 0 Å². The Bertz CT molecular complexity index is 795. The van der Waals surface area contributed by atoms with Gasteiger partial charge in [0.15, 0.2) is 18.1 Å². The molecule has 2 rings (SSSR count). The average molecular weight is 470 g/mol. The zero-order valence-corrected chi connectivity index (χ0v) is 16.5. The first-order chi connectivity index (χ1) is 12.5. The van der Waals surface area contributed by atoms with Gasteiger partial charge in [-0.3, -0.25) is 0 Å². The molecule has 0 aliphatic rings. The smallest absolute Gasteiger partial charge is 0.341 e. The summed E-state index contributed by atoms with van der Waals surface area (Å²) in [5.74, 6) is 0.597. The maximum Gasteiger partial charge on any atom is 0.341 e. The zero-order chi connectivity index (χ0) is 18.9. The summed E-state index contributed by atoms with van der Waals surface area (Å²) in [5.41, 5.74) is 4.76. The van der Waals surface area contributed by atoms with Crippen molar-refractivity contribution in [3.8, 4) is 17.2 Å². The molecule has 26 heavy (non-hydrogen) atoms. The number of nitrogens with one attached hydrogen (secondary N) is 1. The minimum absolute atomic E-state index is 0.398. The highest BCUT2D eigenvalue weighted by molar-refractivity contribution is 14.1. The number of hydrogen-bond donors (Lipinski definition) is 2. The summed E-state index contributed by atoms with van der Waals surface area (Å²) in [6, 6.07) is 11.3. The highest BCUT2D eigenvalue weighted by Crippen LogP contribution is 2.33. The molecule has 2 N–H and O–H groups in total. The first-order valence-electron chi connectivity index (χ1n) is 7.65. The van der Waals surface area contributed by atoms with Crippen molar-refractivity contribution in [2.24, 2.45) is 5.10 Å². The van der Waals surface area contributed by atoms with E-state index in [2.05, 4.69) is 33.1 Å². The van der Waals surface area contributed by atoms with Crippen molar-refractivity contribution in [2.75, 3.05) is 20.8 Å². The fourth-order valence-electron chi connectivity index (χ4n) is 2.19. The summed E-state index contributed by atoms with van der Waals surface area (Å²) >= 11 is 2.06. The van der Waals surface area contributed by atoms with E-state index in [-0.39, 0.29) is 0 Å². The molecule has 0 atom stereocenters. The van der Waals surface area contributed by atoms with Crippen LogP contribution in [0, 0.1) is 3.57 Å². The van der Waals surface area contributed by atoms with Crippen LogP contribution >= 0.6 is 22.6 Å². The van der Waals surface area contributed by atoms with Crippen LogP contribution in [0.5, 0.6) is 17.2 Å². The number of benzene rings is 2. The van der Waals surface area contributed by atoms with Gasteiger partial charge in [0.05, 0.1) is 30.5 Å². The van der Waals surface area contributed by atoms with Gasteiger partial charge in [0.1, 0.15) is 5.75 Å². The maximum atomic E-state index is 10.7. The number of ether oxygens (including phenoxy) is 3. The molecule has 0 unspecified atom stereocenters. The predicted octanol–water partition coefficient (Wildman–Crippen LogP) is 2.90. The third kappa shape index (κ3) is 5.51. The highest BCUT2D eigenvalue weighted by atomic mass is 127. The van der Waals surface area contributed by atoms with Crippen molar-refractivity contribution in [3.05, 3.63) is 51.1 Å². The molecule has 2 aromatic rings. The quantitative estimate of drug-likeness (QED) is 0.333. The summed E-state index contributed by atoms with van der Waals surface area (Å²) in [5, 5.41) is 13.0. The van der Waals surface area contributed by atoms with E-state index in [0.717, 1.165) is 20.4 Å². The van der Waals surface area contributed by atoms with E-state index in [1.165, 1.54) is 7.11 Å². The van der Waals surface area contributed by atoms with E-state index in [1.54, 1.807) is 19.4 Å². The molecule has 0 fully saturated rings. The van der Waals surface area contributed by atoms with Crippen molar-refractivity contribution >= 4 is 34.8 Å². The highest BCUT2D eigenvalue weighted by Gasteiger charge is 2.12. The molecule has 0 amide bonds. The maximum absolute atomic E-state index is 10.7. The van der Waals surface area contributed by atoms with E-state index in [4.69, 9.17) is 19.3 Å². The molecule has 0 aliphatic heterocycles. The fraction of sp³-hybridized carbons (Fsp3) is 0.222. The van der Waals surface area contributed by atoms with Crippen molar-refractivity contribution in [3.63, 3.8) is 0 Å². The Kier molecular flexibility index (Phi) is 7.52. The molecule has 0 heterocycles. The van der Waals surface area contributed by atoms with Gasteiger partial charge < -0.3 is 24.7 Å². The molecule has 138 valence electrons. The van der Waals surface area contributed by atoms with Gasteiger partial charge in [0, 0.05) is 5.56 Å². The van der Waals surface area contributed by atoms with Gasteiger partial charge >= 0.3 is 5.97 Å². The standard InChI is InChI=1S/C18H19IN2O5/c1-24-15-6-4-3-5-13(15)10-21-20-9-12-7-14(19)18(16(8-12)25-2)26-11-17(22)23/h3-9,21H,10-11H2,1-2H3,(H,22,23)/b20-9+. The SMILES string of the molecule is COc1ccccc1CN/N=C/c1cc(I)c(OCC(=O)O)c(OC)c1. The topological polar surface area (TPSA) is 89.4 Å². The number of hydrogen-bond acceptors (Lipinski definition) is 6. The number of carboxylic acid groups (broad SMARTS) is 1. The number of methoxy groups -OCH3 is 2. The third-order valence-corrected chi connectivity index (χ3v) is 4.16. The number of carbonyl (C=O) groups is 1. The van der Waals surface area contributed by atoms with Crippen molar-refractivity contribution < 1.29 is 24.1 Å². The van der Waals surface area contributed by atoms with E-state index < -0.39 is 12.6 Å². The summed E-state index contributed by atoms with van der Waals surface area (Å²) in [6.45, 7) is 0.0921. The molecular weight excluding hydrogens is 451 g/mol. The van der Waals surface area contributed by atoms with Crippen LogP contribution in [0.15, 0.2) is 41.5 Å². The lowest BCUT2D eigenvalue weighted by molar-refractivity contribution is -0.139. The monoisotopic (exact) mass is 470 g/mol. The number of aliphatic carboxylic acids is 1. The molecule has 0 spiro atoms. The minimum atomic E-state index is -1.05. The lowest BCUT2D eigenvalue weighted by Crippen LogP contribution is -2.11. The zero-order valence-electron chi connectivity index (χ0n) is 14.4. The van der Waals surface area contributed by atoms with Crippen LogP contribution in [0.1, 0.15) is 11.1 Å². The van der Waals surface area contributed by atoms with E-state index >= 15 is 0 Å². The molecule has 2 aromatic carbocycles. The van der Waals surface area contributed by atoms with Crippen LogP contribution in [0.25, 0.3) is 0 Å². The number of carboxylic acids is 1. The van der Waals surface area contributed by atoms with Crippen molar-refractivity contribution in [1.82, 2.24) is 5.43 Å². The molecule has 0 bridgehead atoms. The largest absolute Gasteiger partial charge is 0.496 e. The van der Waals surface area contributed by atoms with Crippen molar-refractivity contribution in [2.45, 2.75) is 6.54 Å². The number of rotatable bonds is 9. The van der Waals surface area contributed by atoms with Gasteiger partial charge in [0.25, 0.3) is 0 Å². The Balaban J connectivity index is 2.05. The van der Waals surface area contributed by atoms with Crippen LogP contribution in [0.4, 0.5) is 0 Å². The molecular formula is C18H19IN2O5. The van der Waals surface area contributed by atoms with E-state index in [9.17, 15) is 4.79 Å². The van der Waals surface area contributed by atoms with Gasteiger partial charge in [-0.2, -0.15) is 5.10 Å². The molecule has 0 radical (unpaired) electrons. The lowest BCUT2D eigenvalue weighted by atomic mass is 10.2. The Labute approximate surface area is 165 Å². The number of halogens is 1.